The van der Waals surface area contributed by atoms with Crippen molar-refractivity contribution in [3.8, 4) is 0 Å². The summed E-state index contributed by atoms with van der Waals surface area (Å²) in [4.78, 5) is 12.2. The quantitative estimate of drug-likeness (QED) is 0.661. The molecule has 2 rings (SSSR count). The normalized spacial score (nSPS) is 11.1. The van der Waals surface area contributed by atoms with E-state index in [9.17, 15) is 13.2 Å². The maximum Gasteiger partial charge on any atom is 0.257 e. The fourth-order valence-corrected chi connectivity index (χ4v) is 4.28. The molecule has 2 aromatic rings. The molecular formula is C15H8Cl5NO3S. The minimum absolute atomic E-state index is 0.00413. The molecule has 0 saturated carbocycles. The second-order valence-corrected chi connectivity index (χ2v) is 8.74. The third-order valence-electron chi connectivity index (χ3n) is 2.97. The van der Waals surface area contributed by atoms with Crippen LogP contribution in [0.3, 0.4) is 0 Å². The molecular weight excluding hydrogens is 452 g/mol. The fourth-order valence-electron chi connectivity index (χ4n) is 1.79. The van der Waals surface area contributed by atoms with Crippen LogP contribution in [0.1, 0.15) is 10.4 Å². The zero-order chi connectivity index (χ0) is 18.8. The number of rotatable bonds is 4. The Labute approximate surface area is 169 Å². The van der Waals surface area contributed by atoms with Crippen molar-refractivity contribution in [2.75, 3.05) is 0 Å². The van der Waals surface area contributed by atoms with Crippen LogP contribution in [0.2, 0.25) is 15.1 Å². The van der Waals surface area contributed by atoms with Gasteiger partial charge in [-0.1, -0.05) is 58.0 Å². The van der Waals surface area contributed by atoms with E-state index >= 15 is 0 Å². The van der Waals surface area contributed by atoms with Crippen molar-refractivity contribution in [2.24, 2.45) is 0 Å². The summed E-state index contributed by atoms with van der Waals surface area (Å²) in [5.41, 5.74) is 0.00413. The van der Waals surface area contributed by atoms with Crippen LogP contribution >= 0.6 is 58.0 Å². The Bertz CT molecular complexity index is 952. The SMILES string of the molecule is O=C(NC(=C(Cl)Cl)S(=O)(=O)c1ccc(Cl)cc1)c1ccc(Cl)cc1Cl. The van der Waals surface area contributed by atoms with Crippen LogP contribution in [0.4, 0.5) is 0 Å². The predicted molar refractivity (Wildman–Crippen MR) is 101 cm³/mol. The monoisotopic (exact) mass is 457 g/mol. The van der Waals surface area contributed by atoms with Crippen LogP contribution in [0.5, 0.6) is 0 Å². The van der Waals surface area contributed by atoms with Crippen molar-refractivity contribution in [1.82, 2.24) is 5.32 Å². The molecule has 2 aromatic carbocycles. The van der Waals surface area contributed by atoms with Crippen LogP contribution in [0, 0.1) is 0 Å². The lowest BCUT2D eigenvalue weighted by Gasteiger charge is -2.12. The number of sulfone groups is 1. The number of carbonyl (C=O) groups excluding carboxylic acids is 1. The van der Waals surface area contributed by atoms with Crippen LogP contribution in [0.25, 0.3) is 0 Å². The average Bonchev–Trinajstić information content (AvgIpc) is 2.52. The molecule has 1 N–H and O–H groups in total. The van der Waals surface area contributed by atoms with Gasteiger partial charge in [-0.3, -0.25) is 4.79 Å². The number of nitrogens with one attached hydrogen (secondary N) is 1. The summed E-state index contributed by atoms with van der Waals surface area (Å²) in [6.45, 7) is 0. The maximum absolute atomic E-state index is 12.7. The van der Waals surface area contributed by atoms with E-state index in [1.165, 1.54) is 42.5 Å². The highest BCUT2D eigenvalue weighted by Crippen LogP contribution is 2.27. The molecule has 0 aliphatic carbocycles. The van der Waals surface area contributed by atoms with E-state index in [4.69, 9.17) is 58.0 Å². The van der Waals surface area contributed by atoms with Crippen molar-refractivity contribution < 1.29 is 13.2 Å². The zero-order valence-corrected chi connectivity index (χ0v) is 16.7. The van der Waals surface area contributed by atoms with Gasteiger partial charge in [-0.2, -0.15) is 0 Å². The fraction of sp³-hybridized carbons (Fsp3) is 0. The van der Waals surface area contributed by atoms with Gasteiger partial charge < -0.3 is 5.32 Å². The van der Waals surface area contributed by atoms with Crippen LogP contribution in [-0.2, 0) is 9.84 Å². The third kappa shape index (κ3) is 4.82. The largest absolute Gasteiger partial charge is 0.310 e. The molecule has 0 heterocycles. The molecule has 0 aliphatic heterocycles. The van der Waals surface area contributed by atoms with Gasteiger partial charge in [0.15, 0.2) is 5.03 Å². The van der Waals surface area contributed by atoms with Gasteiger partial charge in [0.1, 0.15) is 4.49 Å². The Balaban J connectivity index is 2.41. The Morgan fingerprint density at radius 2 is 1.44 bits per heavy atom. The summed E-state index contributed by atoms with van der Waals surface area (Å²) in [5, 5.41) is 2.21. The molecule has 132 valence electrons. The van der Waals surface area contributed by atoms with Gasteiger partial charge in [0.25, 0.3) is 5.91 Å². The van der Waals surface area contributed by atoms with E-state index in [-0.39, 0.29) is 15.5 Å². The summed E-state index contributed by atoms with van der Waals surface area (Å²) >= 11 is 28.8. The lowest BCUT2D eigenvalue weighted by molar-refractivity contribution is 0.0968. The van der Waals surface area contributed by atoms with Gasteiger partial charge in [-0.15, -0.1) is 0 Å². The zero-order valence-electron chi connectivity index (χ0n) is 12.1. The molecule has 0 atom stereocenters. The predicted octanol–water partition coefficient (Wildman–Crippen LogP) is 5.45. The first-order valence-corrected chi connectivity index (χ1v) is 9.82. The van der Waals surface area contributed by atoms with Gasteiger partial charge in [-0.05, 0) is 42.5 Å². The van der Waals surface area contributed by atoms with Crippen molar-refractivity contribution in [3.05, 3.63) is 72.6 Å². The van der Waals surface area contributed by atoms with Crippen molar-refractivity contribution >= 4 is 73.7 Å². The maximum atomic E-state index is 12.7. The summed E-state index contributed by atoms with van der Waals surface area (Å²) in [6, 6.07) is 9.40. The summed E-state index contributed by atoms with van der Waals surface area (Å²) in [6.07, 6.45) is 0. The molecule has 0 spiro atoms. The number of benzene rings is 2. The smallest absolute Gasteiger partial charge is 0.257 e. The second kappa shape index (κ2) is 8.16. The van der Waals surface area contributed by atoms with Crippen molar-refractivity contribution in [1.29, 1.82) is 0 Å². The average molecular weight is 460 g/mol. The molecule has 0 fully saturated rings. The third-order valence-corrected chi connectivity index (χ3v) is 6.11. The second-order valence-electron chi connectivity index (χ2n) is 4.63. The Hall–Kier alpha value is -0.950. The highest BCUT2D eigenvalue weighted by Gasteiger charge is 2.27. The first-order chi connectivity index (χ1) is 11.6. The molecule has 0 saturated heterocycles. The lowest BCUT2D eigenvalue weighted by Crippen LogP contribution is -2.28. The molecule has 0 aromatic heterocycles. The van der Waals surface area contributed by atoms with Gasteiger partial charge in [-0.25, -0.2) is 8.42 Å². The molecule has 0 bridgehead atoms. The lowest BCUT2D eigenvalue weighted by atomic mass is 10.2. The number of carbonyl (C=O) groups is 1. The Morgan fingerprint density at radius 3 is 1.96 bits per heavy atom. The molecule has 25 heavy (non-hydrogen) atoms. The van der Waals surface area contributed by atoms with Crippen molar-refractivity contribution in [3.63, 3.8) is 0 Å². The van der Waals surface area contributed by atoms with E-state index in [0.29, 0.717) is 10.0 Å². The van der Waals surface area contributed by atoms with Crippen LogP contribution in [0.15, 0.2) is 56.9 Å². The highest BCUT2D eigenvalue weighted by molar-refractivity contribution is 7.95. The molecule has 0 unspecified atom stereocenters. The first kappa shape index (κ1) is 20.4. The van der Waals surface area contributed by atoms with Crippen LogP contribution in [-0.4, -0.2) is 14.3 Å². The van der Waals surface area contributed by atoms with E-state index in [1.54, 1.807) is 0 Å². The minimum Gasteiger partial charge on any atom is -0.310 e. The number of halogens is 5. The van der Waals surface area contributed by atoms with Crippen LogP contribution < -0.4 is 5.32 Å². The number of hydrogen-bond donors (Lipinski definition) is 1. The van der Waals surface area contributed by atoms with Gasteiger partial charge in [0, 0.05) is 10.0 Å². The van der Waals surface area contributed by atoms with E-state index in [2.05, 4.69) is 5.32 Å². The van der Waals surface area contributed by atoms with E-state index in [0.717, 1.165) is 0 Å². The summed E-state index contributed by atoms with van der Waals surface area (Å²) < 4.78 is 24.7. The summed E-state index contributed by atoms with van der Waals surface area (Å²) in [7, 11) is -4.19. The van der Waals surface area contributed by atoms with Gasteiger partial charge >= 0.3 is 0 Å². The minimum atomic E-state index is -4.19. The van der Waals surface area contributed by atoms with E-state index in [1.807, 2.05) is 0 Å². The molecule has 4 nitrogen and oxygen atoms in total. The first-order valence-electron chi connectivity index (χ1n) is 6.45. The highest BCUT2D eigenvalue weighted by atomic mass is 35.5. The van der Waals surface area contributed by atoms with E-state index < -0.39 is 25.3 Å². The van der Waals surface area contributed by atoms with Gasteiger partial charge in [0.2, 0.25) is 9.84 Å². The van der Waals surface area contributed by atoms with Gasteiger partial charge in [0.05, 0.1) is 15.5 Å². The Kier molecular flexibility index (Phi) is 6.65. The van der Waals surface area contributed by atoms with Crippen molar-refractivity contribution in [2.45, 2.75) is 4.90 Å². The summed E-state index contributed by atoms with van der Waals surface area (Å²) in [5.74, 6) is -0.812. The number of hydrogen-bond acceptors (Lipinski definition) is 3. The molecule has 10 heteroatoms. The molecule has 0 aliphatic rings. The topological polar surface area (TPSA) is 63.2 Å². The molecule has 0 radical (unpaired) electrons. The number of amides is 1. The molecule has 1 amide bonds. The Morgan fingerprint density at radius 1 is 0.880 bits per heavy atom. The standard InChI is InChI=1S/C15H8Cl5NO3S/c16-8-1-4-10(5-2-8)25(23,24)15(13(19)20)21-14(22)11-6-3-9(17)7-12(11)18/h1-7H,(H,21,22).